The molecular weight excluding hydrogens is 973 g/mol. The summed E-state index contributed by atoms with van der Waals surface area (Å²) in [5, 5.41) is 27.3. The standard InChI is InChI=1S/C64H92N2O11/c1-11-27-64(72)29-26-50-47-20-16-41-34-44(67)19-21-46(41)56(47)48(38-62(50,64)7)40-14-17-43(18-15-40)66(9)31-33-74-45-25-28-61(6)42(35-45)36-53(76-59(71)75-32-12-30-65-58(70)77-60(3,4)5)57-51-23-22-49(39(2)13-24-55(69)73-10)63(51,8)54(68)37-52(57)61/h14-18,39,42,45,47-54,57,68,72H,12-13,19-26,28-38H2,1-10H3,(H,65,70)/t39-,42+,45+,47?,48-,49-,50?,51+,52+,53-,54+,57+,61+,62+,63-,64+/m1/s1. The van der Waals surface area contributed by atoms with Crippen molar-refractivity contribution in [2.75, 3.05) is 45.4 Å². The summed E-state index contributed by atoms with van der Waals surface area (Å²) >= 11 is 0. The van der Waals surface area contributed by atoms with Gasteiger partial charge >= 0.3 is 18.2 Å². The summed E-state index contributed by atoms with van der Waals surface area (Å²) in [6.45, 7) is 18.1. The number of benzene rings is 1. The highest BCUT2D eigenvalue weighted by Gasteiger charge is 2.67. The lowest BCUT2D eigenvalue weighted by Gasteiger charge is -2.64. The van der Waals surface area contributed by atoms with Gasteiger partial charge < -0.3 is 44.1 Å². The summed E-state index contributed by atoms with van der Waals surface area (Å²) in [6, 6.07) is 9.04. The van der Waals surface area contributed by atoms with E-state index in [-0.39, 0.29) is 70.9 Å². The topological polar surface area (TPSA) is 170 Å². The number of anilines is 1. The molecule has 2 unspecified atom stereocenters. The number of hydrogen-bond acceptors (Lipinski definition) is 12. The zero-order valence-electron chi connectivity index (χ0n) is 48.2. The largest absolute Gasteiger partial charge is 0.508 e. The smallest absolute Gasteiger partial charge is 0.469 e. The monoisotopic (exact) mass is 1060 g/mol. The molecule has 424 valence electrons. The van der Waals surface area contributed by atoms with Gasteiger partial charge in [0, 0.05) is 62.3 Å². The van der Waals surface area contributed by atoms with Gasteiger partial charge in [0.05, 0.1) is 32.5 Å². The van der Waals surface area contributed by atoms with Crippen LogP contribution in [0.3, 0.4) is 0 Å². The van der Waals surface area contributed by atoms with Gasteiger partial charge in [0.25, 0.3) is 0 Å². The van der Waals surface area contributed by atoms with Crippen LogP contribution in [0.15, 0.2) is 47.1 Å². The molecule has 13 heteroatoms. The summed E-state index contributed by atoms with van der Waals surface area (Å²) in [5.74, 6) is 8.28. The Morgan fingerprint density at radius 1 is 0.961 bits per heavy atom. The Bertz CT molecular complexity index is 2490. The average Bonchev–Trinajstić information content (AvgIpc) is 4.06. The number of amides is 1. The van der Waals surface area contributed by atoms with Gasteiger partial charge in [-0.25, -0.2) is 9.59 Å². The van der Waals surface area contributed by atoms with Crippen LogP contribution in [0.1, 0.15) is 176 Å². The molecule has 9 rings (SSSR count). The van der Waals surface area contributed by atoms with E-state index in [1.54, 1.807) is 0 Å². The molecule has 0 spiro atoms. The fourth-order valence-electron chi connectivity index (χ4n) is 17.7. The van der Waals surface area contributed by atoms with Crippen LogP contribution >= 0.6 is 0 Å². The van der Waals surface area contributed by atoms with Crippen LogP contribution in [-0.2, 0) is 33.3 Å². The van der Waals surface area contributed by atoms with Gasteiger partial charge in [-0.05, 0) is 199 Å². The number of allylic oxidation sites excluding steroid dienone is 4. The van der Waals surface area contributed by atoms with E-state index in [1.807, 2.05) is 27.7 Å². The van der Waals surface area contributed by atoms with E-state index in [9.17, 15) is 29.4 Å². The van der Waals surface area contributed by atoms with Crippen LogP contribution in [0, 0.1) is 75.4 Å². The number of ether oxygens (including phenoxy) is 5. The molecule has 0 heterocycles. The summed E-state index contributed by atoms with van der Waals surface area (Å²) in [6.07, 6.45) is 13.0. The third-order valence-corrected chi connectivity index (χ3v) is 21.7. The third-order valence-electron chi connectivity index (χ3n) is 21.7. The van der Waals surface area contributed by atoms with E-state index in [0.29, 0.717) is 88.7 Å². The molecule has 1 amide bonds. The zero-order chi connectivity index (χ0) is 55.2. The summed E-state index contributed by atoms with van der Waals surface area (Å²) < 4.78 is 29.3. The first-order valence-electron chi connectivity index (χ1n) is 29.6. The first kappa shape index (κ1) is 57.3. The van der Waals surface area contributed by atoms with Gasteiger partial charge in [-0.2, -0.15) is 0 Å². The van der Waals surface area contributed by atoms with Gasteiger partial charge in [0.2, 0.25) is 0 Å². The van der Waals surface area contributed by atoms with Crippen molar-refractivity contribution >= 4 is 29.7 Å². The van der Waals surface area contributed by atoms with Crippen molar-refractivity contribution in [3.8, 4) is 11.8 Å². The van der Waals surface area contributed by atoms with Crippen molar-refractivity contribution in [1.29, 1.82) is 0 Å². The lowest BCUT2D eigenvalue weighted by Crippen LogP contribution is -2.63. The molecule has 0 radical (unpaired) electrons. The predicted octanol–water partition coefficient (Wildman–Crippen LogP) is 11.4. The zero-order valence-corrected chi connectivity index (χ0v) is 48.2. The maximum Gasteiger partial charge on any atom is 0.508 e. The molecule has 3 N–H and O–H groups in total. The number of hydrogen-bond donors (Lipinski definition) is 3. The fourth-order valence-corrected chi connectivity index (χ4v) is 17.7. The third kappa shape index (κ3) is 11.1. The SMILES string of the molecule is CC#C[C@]1(O)CCC2C3CC=C4CC(=O)CCC4=C3[C@@H](c3ccc(N(C)CCO[C@H]4CC[C@@]5(C)[C@@H](C4)C[C@@H](OC(=O)OCCCNC(=O)OC(C)(C)C)[C@@H]4[C@@H]5C[C@H](O)[C@]5(C)[C@@H]([C@H](C)CCC(=O)OC)CC[C@@H]45)cc3)C[C@@]21C. The molecule has 0 aliphatic heterocycles. The van der Waals surface area contributed by atoms with Gasteiger partial charge in [0.15, 0.2) is 0 Å². The number of nitrogens with zero attached hydrogens (tertiary/aromatic N) is 1. The van der Waals surface area contributed by atoms with Crippen LogP contribution in [-0.4, -0.2) is 104 Å². The van der Waals surface area contributed by atoms with Gasteiger partial charge in [-0.1, -0.05) is 57.4 Å². The second kappa shape index (κ2) is 22.6. The van der Waals surface area contributed by atoms with Gasteiger partial charge in [0.1, 0.15) is 23.1 Å². The van der Waals surface area contributed by atoms with Crippen LogP contribution in [0.4, 0.5) is 15.3 Å². The molecule has 0 saturated heterocycles. The minimum Gasteiger partial charge on any atom is -0.469 e. The number of fused-ring (bicyclic) bond motifs is 9. The summed E-state index contributed by atoms with van der Waals surface area (Å²) in [4.78, 5) is 53.0. The molecule has 7 fully saturated rings. The molecule has 16 atom stereocenters. The number of Topliss-reactive ketones (excluding diaryl/α,β-unsaturated/α-hetero) is 1. The van der Waals surface area contributed by atoms with E-state index in [1.165, 1.54) is 29.4 Å². The van der Waals surface area contributed by atoms with Crippen molar-refractivity contribution in [3.63, 3.8) is 0 Å². The van der Waals surface area contributed by atoms with Gasteiger partial charge in [-0.15, -0.1) is 5.92 Å². The number of esters is 1. The average molecular weight is 1070 g/mol. The number of aliphatic hydroxyl groups excluding tert-OH is 1. The number of ketones is 1. The quantitative estimate of drug-likeness (QED) is 0.0658. The molecule has 7 saturated carbocycles. The lowest BCUT2D eigenvalue weighted by atomic mass is 9.43. The highest BCUT2D eigenvalue weighted by atomic mass is 16.7. The highest BCUT2D eigenvalue weighted by Crippen LogP contribution is 2.70. The number of alkyl carbamates (subject to hydrolysis) is 1. The molecule has 0 aromatic heterocycles. The molecule has 77 heavy (non-hydrogen) atoms. The maximum atomic E-state index is 13.7. The van der Waals surface area contributed by atoms with Crippen molar-refractivity contribution in [3.05, 3.63) is 52.6 Å². The van der Waals surface area contributed by atoms with E-state index in [0.717, 1.165) is 63.5 Å². The van der Waals surface area contributed by atoms with E-state index < -0.39 is 41.1 Å². The molecule has 1 aromatic carbocycles. The van der Waals surface area contributed by atoms with Crippen LogP contribution in [0.25, 0.3) is 0 Å². The minimum atomic E-state index is -1.02. The first-order valence-corrected chi connectivity index (χ1v) is 29.6. The normalized spacial score (nSPS) is 37.4. The van der Waals surface area contributed by atoms with Crippen molar-refractivity contribution in [2.24, 2.45) is 63.6 Å². The van der Waals surface area contributed by atoms with Crippen LogP contribution < -0.4 is 10.2 Å². The number of carbonyl (C=O) groups excluding carboxylic acids is 4. The Balaban J connectivity index is 0.860. The molecule has 8 aliphatic carbocycles. The van der Waals surface area contributed by atoms with E-state index in [2.05, 4.69) is 87.1 Å². The van der Waals surface area contributed by atoms with E-state index in [4.69, 9.17) is 23.7 Å². The Morgan fingerprint density at radius 3 is 2.45 bits per heavy atom. The second-order valence-electron chi connectivity index (χ2n) is 26.7. The Labute approximate surface area is 459 Å². The number of methoxy groups -OCH3 is 1. The number of rotatable bonds is 15. The summed E-state index contributed by atoms with van der Waals surface area (Å²) in [7, 11) is 3.55. The number of carbonyl (C=O) groups is 4. The molecule has 13 nitrogen and oxygen atoms in total. The van der Waals surface area contributed by atoms with E-state index >= 15 is 0 Å². The molecule has 1 aromatic rings. The Morgan fingerprint density at radius 2 is 1.73 bits per heavy atom. The van der Waals surface area contributed by atoms with Crippen LogP contribution in [0.5, 0.6) is 0 Å². The fraction of sp³-hybridized carbons (Fsp3) is 0.750. The van der Waals surface area contributed by atoms with Crippen molar-refractivity contribution < 1.29 is 53.1 Å². The van der Waals surface area contributed by atoms with Gasteiger partial charge in [-0.3, -0.25) is 9.59 Å². The van der Waals surface area contributed by atoms with Crippen molar-refractivity contribution in [1.82, 2.24) is 5.32 Å². The second-order valence-corrected chi connectivity index (χ2v) is 26.7. The summed E-state index contributed by atoms with van der Waals surface area (Å²) in [5.41, 5.74) is 4.09. The number of aliphatic hydroxyl groups is 2. The predicted molar refractivity (Wildman–Crippen MR) is 296 cm³/mol. The lowest BCUT2D eigenvalue weighted by molar-refractivity contribution is -0.211. The first-order chi connectivity index (χ1) is 36.5. The van der Waals surface area contributed by atoms with Crippen molar-refractivity contribution in [2.45, 2.75) is 200 Å². The Hall–Kier alpha value is -4.38. The Kier molecular flexibility index (Phi) is 16.8. The number of nitrogens with one attached hydrogen (secondary N) is 1. The molecule has 0 bridgehead atoms. The highest BCUT2D eigenvalue weighted by molar-refractivity contribution is 5.85. The van der Waals surface area contributed by atoms with Crippen LogP contribution in [0.2, 0.25) is 0 Å². The molecular formula is C64H92N2O11. The number of likely N-dealkylation sites (N-methyl/N-ethyl adjacent to an activating group) is 1. The minimum absolute atomic E-state index is 0.0471. The molecule has 8 aliphatic rings. The maximum absolute atomic E-state index is 13.7.